The highest BCUT2D eigenvalue weighted by atomic mass is 16.3. The first-order valence-electron chi connectivity index (χ1n) is 7.46. The second kappa shape index (κ2) is 6.91. The van der Waals surface area contributed by atoms with Crippen LogP contribution in [0.2, 0.25) is 0 Å². The van der Waals surface area contributed by atoms with Gasteiger partial charge in [-0.25, -0.2) is 4.79 Å². The van der Waals surface area contributed by atoms with Gasteiger partial charge < -0.3 is 10.0 Å². The van der Waals surface area contributed by atoms with E-state index in [9.17, 15) is 9.90 Å². The summed E-state index contributed by atoms with van der Waals surface area (Å²) in [5.41, 5.74) is 0.881. The van der Waals surface area contributed by atoms with Crippen molar-refractivity contribution in [3.63, 3.8) is 0 Å². The van der Waals surface area contributed by atoms with Gasteiger partial charge in [-0.2, -0.15) is 5.10 Å². The van der Waals surface area contributed by atoms with E-state index in [1.807, 2.05) is 24.9 Å². The second-order valence-corrected chi connectivity index (χ2v) is 5.49. The maximum absolute atomic E-state index is 12.3. The molecule has 0 spiro atoms. The molecular formula is C14H25N5O2. The molecule has 1 atom stereocenters. The van der Waals surface area contributed by atoms with E-state index in [4.69, 9.17) is 0 Å². The fraction of sp³-hybridized carbons (Fsp3) is 0.714. The molecule has 1 unspecified atom stereocenters. The van der Waals surface area contributed by atoms with Crippen LogP contribution in [0.1, 0.15) is 19.0 Å². The Morgan fingerprint density at radius 3 is 2.57 bits per heavy atom. The number of aryl methyl sites for hydroxylation is 2. The van der Waals surface area contributed by atoms with Crippen LogP contribution < -0.4 is 5.32 Å². The van der Waals surface area contributed by atoms with Gasteiger partial charge >= 0.3 is 6.03 Å². The number of nitrogens with zero attached hydrogens (tertiary/aromatic N) is 4. The molecule has 1 aromatic heterocycles. The average molecular weight is 295 g/mol. The van der Waals surface area contributed by atoms with Gasteiger partial charge in [-0.1, -0.05) is 6.92 Å². The number of urea groups is 1. The summed E-state index contributed by atoms with van der Waals surface area (Å²) < 4.78 is 1.67. The Morgan fingerprint density at radius 1 is 1.43 bits per heavy atom. The van der Waals surface area contributed by atoms with E-state index in [0.717, 1.165) is 25.2 Å². The van der Waals surface area contributed by atoms with E-state index in [1.165, 1.54) is 0 Å². The van der Waals surface area contributed by atoms with Gasteiger partial charge in [0.2, 0.25) is 0 Å². The number of hydrogen-bond acceptors (Lipinski definition) is 4. The number of amides is 2. The summed E-state index contributed by atoms with van der Waals surface area (Å²) in [6, 6.07) is 1.97. The first-order chi connectivity index (χ1) is 10.0. The first kappa shape index (κ1) is 15.8. The van der Waals surface area contributed by atoms with Crippen molar-refractivity contribution in [2.75, 3.05) is 38.1 Å². The number of aliphatic hydroxyl groups excluding tert-OH is 1. The van der Waals surface area contributed by atoms with Crippen LogP contribution in [0.25, 0.3) is 0 Å². The number of hydrogen-bond donors (Lipinski definition) is 2. The van der Waals surface area contributed by atoms with E-state index >= 15 is 0 Å². The minimum atomic E-state index is -0.0882. The molecule has 0 aromatic carbocycles. The zero-order valence-electron chi connectivity index (χ0n) is 13.0. The van der Waals surface area contributed by atoms with Gasteiger partial charge in [0.1, 0.15) is 5.82 Å². The zero-order valence-corrected chi connectivity index (χ0v) is 13.0. The van der Waals surface area contributed by atoms with Crippen molar-refractivity contribution in [1.82, 2.24) is 19.6 Å². The molecule has 2 amide bonds. The van der Waals surface area contributed by atoms with E-state index in [0.29, 0.717) is 18.9 Å². The highest BCUT2D eigenvalue weighted by Crippen LogP contribution is 2.12. The Morgan fingerprint density at radius 2 is 2.10 bits per heavy atom. The summed E-state index contributed by atoms with van der Waals surface area (Å²) in [4.78, 5) is 16.3. The van der Waals surface area contributed by atoms with Crippen LogP contribution in [0.3, 0.4) is 0 Å². The summed E-state index contributed by atoms with van der Waals surface area (Å²) >= 11 is 0. The smallest absolute Gasteiger partial charge is 0.323 e. The van der Waals surface area contributed by atoms with Crippen molar-refractivity contribution in [1.29, 1.82) is 0 Å². The van der Waals surface area contributed by atoms with Gasteiger partial charge in [0.25, 0.3) is 0 Å². The van der Waals surface area contributed by atoms with Crippen LogP contribution in [0.15, 0.2) is 6.07 Å². The number of anilines is 1. The summed E-state index contributed by atoms with van der Waals surface area (Å²) in [6.45, 7) is 7.11. The van der Waals surface area contributed by atoms with E-state index in [2.05, 4.69) is 22.2 Å². The highest BCUT2D eigenvalue weighted by Gasteiger charge is 2.25. The van der Waals surface area contributed by atoms with Crippen LogP contribution in [-0.2, 0) is 7.05 Å². The highest BCUT2D eigenvalue weighted by molar-refractivity contribution is 5.88. The SMILES string of the molecule is CCC(CO)N1CCN(C(=O)Nc2cc(C)nn2C)CC1. The summed E-state index contributed by atoms with van der Waals surface area (Å²) in [5.74, 6) is 0.710. The fourth-order valence-corrected chi connectivity index (χ4v) is 2.71. The van der Waals surface area contributed by atoms with Crippen LogP contribution in [0.4, 0.5) is 10.6 Å². The molecule has 0 bridgehead atoms. The summed E-state index contributed by atoms with van der Waals surface area (Å²) in [5, 5.41) is 16.4. The lowest BCUT2D eigenvalue weighted by molar-refractivity contribution is 0.0765. The Hall–Kier alpha value is -1.60. The molecule has 1 aromatic rings. The van der Waals surface area contributed by atoms with Crippen molar-refractivity contribution in [2.24, 2.45) is 7.05 Å². The van der Waals surface area contributed by atoms with Crippen LogP contribution in [0.5, 0.6) is 0 Å². The Kier molecular flexibility index (Phi) is 5.19. The van der Waals surface area contributed by atoms with Crippen LogP contribution in [0, 0.1) is 6.92 Å². The number of aliphatic hydroxyl groups is 1. The predicted molar refractivity (Wildman–Crippen MR) is 81.3 cm³/mol. The molecule has 1 aliphatic heterocycles. The lowest BCUT2D eigenvalue weighted by atomic mass is 10.2. The molecule has 2 N–H and O–H groups in total. The van der Waals surface area contributed by atoms with Gasteiger partial charge in [-0.15, -0.1) is 0 Å². The molecule has 21 heavy (non-hydrogen) atoms. The van der Waals surface area contributed by atoms with E-state index in [-0.39, 0.29) is 18.7 Å². The minimum absolute atomic E-state index is 0.0882. The zero-order chi connectivity index (χ0) is 15.4. The molecule has 1 fully saturated rings. The second-order valence-electron chi connectivity index (χ2n) is 5.49. The lowest BCUT2D eigenvalue weighted by Gasteiger charge is -2.38. The molecule has 1 saturated heterocycles. The molecule has 0 radical (unpaired) electrons. The number of carbonyl (C=O) groups is 1. The molecule has 1 aliphatic rings. The van der Waals surface area contributed by atoms with Crippen molar-refractivity contribution < 1.29 is 9.90 Å². The monoisotopic (exact) mass is 295 g/mol. The van der Waals surface area contributed by atoms with Gasteiger partial charge in [0.15, 0.2) is 0 Å². The first-order valence-corrected chi connectivity index (χ1v) is 7.46. The third kappa shape index (κ3) is 3.74. The maximum Gasteiger partial charge on any atom is 0.323 e. The van der Waals surface area contributed by atoms with Crippen molar-refractivity contribution in [2.45, 2.75) is 26.3 Å². The molecule has 118 valence electrons. The molecule has 0 saturated carbocycles. The summed E-state index contributed by atoms with van der Waals surface area (Å²) in [6.07, 6.45) is 0.928. The number of aromatic nitrogens is 2. The van der Waals surface area contributed by atoms with E-state index < -0.39 is 0 Å². The molecule has 2 heterocycles. The minimum Gasteiger partial charge on any atom is -0.395 e. The number of rotatable bonds is 4. The lowest BCUT2D eigenvalue weighted by Crippen LogP contribution is -2.53. The number of carbonyl (C=O) groups excluding carboxylic acids is 1. The standard InChI is InChI=1S/C14H25N5O2/c1-4-12(10-20)18-5-7-19(8-6-18)14(21)15-13-9-11(2)16-17(13)3/h9,12,20H,4-8,10H2,1-3H3,(H,15,21). The predicted octanol–water partition coefficient (Wildman–Crippen LogP) is 0.649. The largest absolute Gasteiger partial charge is 0.395 e. The van der Waals surface area contributed by atoms with Crippen molar-refractivity contribution >= 4 is 11.8 Å². The van der Waals surface area contributed by atoms with Gasteiger partial charge in [-0.05, 0) is 13.3 Å². The molecule has 2 rings (SSSR count). The van der Waals surface area contributed by atoms with Crippen molar-refractivity contribution in [3.05, 3.63) is 11.8 Å². The molecule has 0 aliphatic carbocycles. The van der Waals surface area contributed by atoms with E-state index in [1.54, 1.807) is 4.68 Å². The summed E-state index contributed by atoms with van der Waals surface area (Å²) in [7, 11) is 1.81. The topological polar surface area (TPSA) is 73.6 Å². The quantitative estimate of drug-likeness (QED) is 0.855. The number of nitrogens with one attached hydrogen (secondary N) is 1. The maximum atomic E-state index is 12.3. The van der Waals surface area contributed by atoms with Gasteiger partial charge in [0, 0.05) is 45.3 Å². The van der Waals surface area contributed by atoms with Crippen molar-refractivity contribution in [3.8, 4) is 0 Å². The Labute approximate surface area is 125 Å². The number of piperazine rings is 1. The Bertz CT molecular complexity index is 476. The Balaban J connectivity index is 1.87. The third-order valence-corrected chi connectivity index (χ3v) is 4.04. The molecule has 7 nitrogen and oxygen atoms in total. The van der Waals surface area contributed by atoms with Gasteiger partial charge in [0.05, 0.1) is 12.3 Å². The molecule has 7 heteroatoms. The van der Waals surface area contributed by atoms with Crippen LogP contribution in [-0.4, -0.2) is 69.5 Å². The average Bonchev–Trinajstić information content (AvgIpc) is 2.79. The van der Waals surface area contributed by atoms with Crippen LogP contribution >= 0.6 is 0 Å². The fourth-order valence-electron chi connectivity index (χ4n) is 2.71. The normalized spacial score (nSPS) is 17.8. The molecular weight excluding hydrogens is 270 g/mol. The third-order valence-electron chi connectivity index (χ3n) is 4.04. The van der Waals surface area contributed by atoms with Gasteiger partial charge in [-0.3, -0.25) is 14.9 Å².